The first-order chi connectivity index (χ1) is 5.36. The van der Waals surface area contributed by atoms with Crippen LogP contribution in [0.2, 0.25) is 0 Å². The van der Waals surface area contributed by atoms with Gasteiger partial charge in [-0.25, -0.2) is 9.59 Å². The monoisotopic (exact) mass is 193 g/mol. The van der Waals surface area contributed by atoms with E-state index in [4.69, 9.17) is 10.2 Å². The fourth-order valence-electron chi connectivity index (χ4n) is 0.528. The average Bonchev–Trinajstić information content (AvgIpc) is 2.01. The van der Waals surface area contributed by atoms with E-state index in [1.54, 1.807) is 0 Å². The Hall–Kier alpha value is -0.910. The summed E-state index contributed by atoms with van der Waals surface area (Å²) < 4.78 is 0. The molecule has 0 aromatic heterocycles. The normalized spacial score (nSPS) is 14.9. The van der Waals surface area contributed by atoms with Gasteiger partial charge in [-0.2, -0.15) is 12.6 Å². The van der Waals surface area contributed by atoms with Gasteiger partial charge in [0.25, 0.3) is 0 Å². The number of nitrogens with zero attached hydrogens (tertiary/aromatic N) is 1. The molecule has 70 valence electrons. The summed E-state index contributed by atoms with van der Waals surface area (Å²) in [5, 5.41) is 17.2. The van der Waals surface area contributed by atoms with Crippen LogP contribution in [-0.4, -0.2) is 45.5 Å². The number of hydrogen-bond donors (Lipinski definition) is 3. The predicted octanol–water partition coefficient (Wildman–Crippen LogP) is 0.369. The van der Waals surface area contributed by atoms with Crippen LogP contribution >= 0.6 is 12.6 Å². The summed E-state index contributed by atoms with van der Waals surface area (Å²) in [4.78, 5) is 21.8. The zero-order valence-electron chi connectivity index (χ0n) is 6.81. The van der Waals surface area contributed by atoms with Gasteiger partial charge in [0, 0.05) is 12.8 Å². The number of rotatable bonds is 3. The van der Waals surface area contributed by atoms with E-state index in [-0.39, 0.29) is 5.75 Å². The van der Waals surface area contributed by atoms with Crippen LogP contribution < -0.4 is 0 Å². The van der Waals surface area contributed by atoms with Crippen LogP contribution in [0.4, 0.5) is 4.79 Å². The van der Waals surface area contributed by atoms with Crippen molar-refractivity contribution in [2.45, 2.75) is 12.5 Å². The smallest absolute Gasteiger partial charge is 0.408 e. The third-order valence-corrected chi connectivity index (χ3v) is 2.41. The Kier molecular flexibility index (Phi) is 3.38. The first-order valence-corrected chi connectivity index (χ1v) is 3.80. The number of carboxylic acid groups (broad SMARTS) is 2. The van der Waals surface area contributed by atoms with Crippen molar-refractivity contribution < 1.29 is 19.8 Å². The second kappa shape index (κ2) is 3.66. The number of hydrogen-bond acceptors (Lipinski definition) is 3. The van der Waals surface area contributed by atoms with Crippen molar-refractivity contribution in [3.63, 3.8) is 0 Å². The lowest BCUT2D eigenvalue weighted by Gasteiger charge is -2.31. The number of likely N-dealkylation sites (N-methyl/N-ethyl adjacent to an activating group) is 1. The molecule has 1 atom stereocenters. The van der Waals surface area contributed by atoms with Gasteiger partial charge in [-0.3, -0.25) is 4.90 Å². The lowest BCUT2D eigenvalue weighted by atomic mass is 10.0. The van der Waals surface area contributed by atoms with Gasteiger partial charge in [-0.15, -0.1) is 0 Å². The molecule has 0 unspecified atom stereocenters. The fraction of sp³-hybridized carbons (Fsp3) is 0.667. The molecule has 12 heavy (non-hydrogen) atoms. The maximum absolute atomic E-state index is 10.6. The largest absolute Gasteiger partial charge is 0.479 e. The fourth-order valence-corrected chi connectivity index (χ4v) is 0.876. The van der Waals surface area contributed by atoms with E-state index in [1.165, 1.54) is 14.0 Å². The Labute approximate surface area is 75.4 Å². The summed E-state index contributed by atoms with van der Waals surface area (Å²) in [7, 11) is 1.20. The summed E-state index contributed by atoms with van der Waals surface area (Å²) in [5.74, 6) is -1.27. The summed E-state index contributed by atoms with van der Waals surface area (Å²) >= 11 is 3.79. The molecule has 5 nitrogen and oxygen atoms in total. The summed E-state index contributed by atoms with van der Waals surface area (Å²) in [6.07, 6.45) is -1.28. The van der Waals surface area contributed by atoms with Gasteiger partial charge in [-0.1, -0.05) is 0 Å². The number of carboxylic acids is 1. The minimum atomic E-state index is -1.46. The van der Waals surface area contributed by atoms with Crippen LogP contribution in [0.25, 0.3) is 0 Å². The molecule has 0 saturated heterocycles. The molecule has 2 N–H and O–H groups in total. The molecule has 0 aromatic rings. The standard InChI is InChI=1S/C6H11NO4S/c1-6(3-12,4(8)9)7(2)5(10)11/h12H,3H2,1-2H3,(H,8,9)(H,10,11)/t6-/m0/s1. The van der Waals surface area contributed by atoms with Crippen LogP contribution in [0, 0.1) is 0 Å². The van der Waals surface area contributed by atoms with Gasteiger partial charge < -0.3 is 10.2 Å². The first kappa shape index (κ1) is 11.1. The lowest BCUT2D eigenvalue weighted by Crippen LogP contribution is -2.54. The Morgan fingerprint density at radius 1 is 1.50 bits per heavy atom. The zero-order chi connectivity index (χ0) is 9.94. The number of aliphatic carboxylic acids is 1. The van der Waals surface area contributed by atoms with Gasteiger partial charge in [0.1, 0.15) is 5.54 Å². The molecule has 0 saturated carbocycles. The third-order valence-electron chi connectivity index (χ3n) is 1.80. The van der Waals surface area contributed by atoms with E-state index >= 15 is 0 Å². The molecule has 6 heteroatoms. The van der Waals surface area contributed by atoms with Crippen LogP contribution in [0.3, 0.4) is 0 Å². The highest BCUT2D eigenvalue weighted by atomic mass is 32.1. The van der Waals surface area contributed by atoms with Crippen molar-refractivity contribution in [3.8, 4) is 0 Å². The number of carbonyl (C=O) groups is 2. The number of thiol groups is 1. The Balaban J connectivity index is 4.75. The second-order valence-electron chi connectivity index (χ2n) is 2.58. The molecule has 0 spiro atoms. The van der Waals surface area contributed by atoms with Crippen molar-refractivity contribution in [1.82, 2.24) is 4.90 Å². The van der Waals surface area contributed by atoms with E-state index in [0.29, 0.717) is 0 Å². The Morgan fingerprint density at radius 2 is 1.92 bits per heavy atom. The molecular weight excluding hydrogens is 182 g/mol. The SMILES string of the molecule is CN(C(=O)O)[C@@](C)(CS)C(=O)O. The van der Waals surface area contributed by atoms with Crippen LogP contribution in [-0.2, 0) is 4.79 Å². The van der Waals surface area contributed by atoms with Crippen LogP contribution in [0.15, 0.2) is 0 Å². The van der Waals surface area contributed by atoms with Crippen molar-refractivity contribution in [2.75, 3.05) is 12.8 Å². The quantitative estimate of drug-likeness (QED) is 0.566. The molecule has 0 bridgehead atoms. The van der Waals surface area contributed by atoms with Crippen molar-refractivity contribution in [3.05, 3.63) is 0 Å². The summed E-state index contributed by atoms with van der Waals surface area (Å²) in [6.45, 7) is 1.30. The van der Waals surface area contributed by atoms with E-state index in [1.807, 2.05) is 0 Å². The molecule has 0 radical (unpaired) electrons. The molecule has 0 aromatic carbocycles. The highest BCUT2D eigenvalue weighted by Crippen LogP contribution is 2.15. The molecule has 1 amide bonds. The van der Waals surface area contributed by atoms with E-state index in [9.17, 15) is 9.59 Å². The number of amides is 1. The molecular formula is C6H11NO4S. The molecule has 0 fully saturated rings. The highest BCUT2D eigenvalue weighted by Gasteiger charge is 2.39. The lowest BCUT2D eigenvalue weighted by molar-refractivity contribution is -0.147. The van der Waals surface area contributed by atoms with Crippen LogP contribution in [0.1, 0.15) is 6.92 Å². The predicted molar refractivity (Wildman–Crippen MR) is 45.7 cm³/mol. The van der Waals surface area contributed by atoms with E-state index in [2.05, 4.69) is 12.6 Å². The summed E-state index contributed by atoms with van der Waals surface area (Å²) in [5.41, 5.74) is -1.46. The third kappa shape index (κ3) is 1.82. The minimum absolute atomic E-state index is 0.0644. The minimum Gasteiger partial charge on any atom is -0.479 e. The van der Waals surface area contributed by atoms with Crippen molar-refractivity contribution in [1.29, 1.82) is 0 Å². The first-order valence-electron chi connectivity index (χ1n) is 3.17. The topological polar surface area (TPSA) is 77.8 Å². The molecule has 0 aliphatic heterocycles. The van der Waals surface area contributed by atoms with Gasteiger partial charge in [0.2, 0.25) is 0 Å². The Bertz CT molecular complexity index is 208. The maximum atomic E-state index is 10.6. The molecule has 0 aliphatic carbocycles. The zero-order valence-corrected chi connectivity index (χ0v) is 7.71. The van der Waals surface area contributed by atoms with Gasteiger partial charge in [0.05, 0.1) is 0 Å². The van der Waals surface area contributed by atoms with Crippen LogP contribution in [0.5, 0.6) is 0 Å². The van der Waals surface area contributed by atoms with Crippen molar-refractivity contribution in [2.24, 2.45) is 0 Å². The summed E-state index contributed by atoms with van der Waals surface area (Å²) in [6, 6.07) is 0. The Morgan fingerprint density at radius 3 is 2.00 bits per heavy atom. The molecule has 0 aliphatic rings. The van der Waals surface area contributed by atoms with Gasteiger partial charge >= 0.3 is 12.1 Å². The van der Waals surface area contributed by atoms with Gasteiger partial charge in [0.15, 0.2) is 0 Å². The molecule has 0 heterocycles. The van der Waals surface area contributed by atoms with Crippen molar-refractivity contribution >= 4 is 24.7 Å². The average molecular weight is 193 g/mol. The maximum Gasteiger partial charge on any atom is 0.408 e. The molecule has 0 rings (SSSR count). The highest BCUT2D eigenvalue weighted by molar-refractivity contribution is 7.80. The van der Waals surface area contributed by atoms with E-state index < -0.39 is 17.6 Å². The van der Waals surface area contributed by atoms with E-state index in [0.717, 1.165) is 4.90 Å². The second-order valence-corrected chi connectivity index (χ2v) is 2.89. The van der Waals surface area contributed by atoms with Gasteiger partial charge in [-0.05, 0) is 6.92 Å².